The van der Waals surface area contributed by atoms with E-state index in [0.717, 1.165) is 15.6 Å². The molecule has 110 valence electrons. The molecule has 5 heteroatoms. The monoisotopic (exact) mass is 309 g/mol. The lowest BCUT2D eigenvalue weighted by Crippen LogP contribution is -2.19. The summed E-state index contributed by atoms with van der Waals surface area (Å²) in [6.45, 7) is 4.16. The van der Waals surface area contributed by atoms with Crippen molar-refractivity contribution >= 4 is 37.3 Å². The number of hydrogen-bond donors (Lipinski definition) is 0. The third-order valence-corrected chi connectivity index (χ3v) is 4.72. The van der Waals surface area contributed by atoms with Crippen molar-refractivity contribution in [1.29, 1.82) is 0 Å². The van der Waals surface area contributed by atoms with Crippen molar-refractivity contribution in [2.24, 2.45) is 5.92 Å². The summed E-state index contributed by atoms with van der Waals surface area (Å²) in [6, 6.07) is 12.4. The van der Waals surface area contributed by atoms with Crippen LogP contribution in [0.1, 0.15) is 19.5 Å². The quantitative estimate of drug-likeness (QED) is 0.568. The van der Waals surface area contributed by atoms with Crippen molar-refractivity contribution < 1.29 is 0 Å². The summed E-state index contributed by atoms with van der Waals surface area (Å²) in [5.41, 5.74) is 1.38. The number of aromatic nitrogens is 3. The normalized spacial score (nSPS) is 12.0. The molecule has 0 radical (unpaired) electrons. The predicted octanol–water partition coefficient (Wildman–Crippen LogP) is 3.66. The van der Waals surface area contributed by atoms with Gasteiger partial charge in [0.25, 0.3) is 5.56 Å². The third kappa shape index (κ3) is 2.01. The van der Waals surface area contributed by atoms with Crippen molar-refractivity contribution in [2.75, 3.05) is 0 Å². The van der Waals surface area contributed by atoms with Crippen LogP contribution >= 0.6 is 11.3 Å². The molecule has 0 aliphatic heterocycles. The summed E-state index contributed by atoms with van der Waals surface area (Å²) in [5, 5.41) is 6.91. The molecule has 0 N–H and O–H groups in total. The van der Waals surface area contributed by atoms with Gasteiger partial charge in [0.1, 0.15) is 5.69 Å². The summed E-state index contributed by atoms with van der Waals surface area (Å²) < 4.78 is 2.93. The molecule has 2 aromatic carbocycles. The molecule has 0 aliphatic carbocycles. The smallest absolute Gasteiger partial charge is 0.265 e. The summed E-state index contributed by atoms with van der Waals surface area (Å²) in [4.78, 5) is 17.0. The van der Waals surface area contributed by atoms with Crippen LogP contribution in [-0.2, 0) is 6.42 Å². The van der Waals surface area contributed by atoms with Crippen molar-refractivity contribution in [1.82, 2.24) is 14.6 Å². The first kappa shape index (κ1) is 13.4. The zero-order valence-electron chi connectivity index (χ0n) is 12.4. The Morgan fingerprint density at radius 2 is 2.00 bits per heavy atom. The fraction of sp³-hybridized carbons (Fsp3) is 0.235. The predicted molar refractivity (Wildman–Crippen MR) is 90.7 cm³/mol. The molecule has 4 nitrogen and oxygen atoms in total. The highest BCUT2D eigenvalue weighted by Crippen LogP contribution is 2.30. The van der Waals surface area contributed by atoms with E-state index >= 15 is 0 Å². The largest absolute Gasteiger partial charge is 0.295 e. The lowest BCUT2D eigenvalue weighted by Gasteiger charge is -2.04. The summed E-state index contributed by atoms with van der Waals surface area (Å²) in [5.74, 6) is 0.377. The van der Waals surface area contributed by atoms with Crippen LogP contribution in [0.2, 0.25) is 0 Å². The molecular formula is C17H15N3OS. The Bertz CT molecular complexity index is 1060. The van der Waals surface area contributed by atoms with Gasteiger partial charge in [-0.1, -0.05) is 55.5 Å². The van der Waals surface area contributed by atoms with Crippen LogP contribution in [0, 0.1) is 5.92 Å². The molecule has 2 aromatic heterocycles. The van der Waals surface area contributed by atoms with E-state index in [1.54, 1.807) is 0 Å². The van der Waals surface area contributed by atoms with E-state index in [1.807, 2.05) is 16.6 Å². The summed E-state index contributed by atoms with van der Waals surface area (Å²) in [7, 11) is 0. The van der Waals surface area contributed by atoms with Crippen LogP contribution in [0.25, 0.3) is 25.9 Å². The highest BCUT2D eigenvalue weighted by Gasteiger charge is 2.13. The van der Waals surface area contributed by atoms with Crippen molar-refractivity contribution in [3.63, 3.8) is 0 Å². The average Bonchev–Trinajstić information content (AvgIpc) is 2.85. The van der Waals surface area contributed by atoms with Gasteiger partial charge in [-0.25, -0.2) is 4.52 Å². The number of thiazole rings is 1. The van der Waals surface area contributed by atoms with Crippen LogP contribution < -0.4 is 5.56 Å². The van der Waals surface area contributed by atoms with E-state index < -0.39 is 0 Å². The standard InChI is InChI=1S/C17H15N3OS/c1-10(2)9-13-16(21)18-17-20(19-13)15-12-6-4-3-5-11(12)7-8-14(15)22-17/h3-8,10H,9H2,1-2H3. The Labute approximate surface area is 131 Å². The van der Waals surface area contributed by atoms with Crippen LogP contribution in [0.5, 0.6) is 0 Å². The van der Waals surface area contributed by atoms with Crippen molar-refractivity contribution in [2.45, 2.75) is 20.3 Å². The van der Waals surface area contributed by atoms with E-state index in [0.29, 0.717) is 23.0 Å². The number of hydrogen-bond acceptors (Lipinski definition) is 4. The van der Waals surface area contributed by atoms with E-state index in [9.17, 15) is 4.79 Å². The van der Waals surface area contributed by atoms with Gasteiger partial charge in [-0.15, -0.1) is 0 Å². The maximum atomic E-state index is 12.1. The Morgan fingerprint density at radius 3 is 2.82 bits per heavy atom. The number of nitrogens with zero attached hydrogens (tertiary/aromatic N) is 3. The first-order valence-corrected chi connectivity index (χ1v) is 8.15. The second-order valence-electron chi connectivity index (χ2n) is 5.89. The second kappa shape index (κ2) is 4.88. The molecule has 0 saturated carbocycles. The fourth-order valence-corrected chi connectivity index (χ4v) is 3.74. The van der Waals surface area contributed by atoms with Crippen LogP contribution in [-0.4, -0.2) is 14.6 Å². The minimum atomic E-state index is -0.204. The van der Waals surface area contributed by atoms with E-state index in [-0.39, 0.29) is 5.56 Å². The lowest BCUT2D eigenvalue weighted by atomic mass is 10.1. The van der Waals surface area contributed by atoms with Gasteiger partial charge in [0.05, 0.1) is 10.2 Å². The maximum absolute atomic E-state index is 12.1. The van der Waals surface area contributed by atoms with Crippen molar-refractivity contribution in [3.05, 3.63) is 52.4 Å². The minimum Gasteiger partial charge on any atom is -0.265 e. The SMILES string of the molecule is CC(C)Cc1nn2c(nc1=O)sc1ccc3ccccc3c12. The van der Waals surface area contributed by atoms with Gasteiger partial charge in [0.2, 0.25) is 4.96 Å². The van der Waals surface area contributed by atoms with Gasteiger partial charge in [0, 0.05) is 5.39 Å². The fourth-order valence-electron chi connectivity index (χ4n) is 2.77. The molecule has 0 spiro atoms. The molecule has 0 bridgehead atoms. The van der Waals surface area contributed by atoms with Gasteiger partial charge in [-0.05, 0) is 23.8 Å². The van der Waals surface area contributed by atoms with Crippen LogP contribution in [0.3, 0.4) is 0 Å². The van der Waals surface area contributed by atoms with Gasteiger partial charge in [-0.3, -0.25) is 4.79 Å². The first-order valence-electron chi connectivity index (χ1n) is 7.33. The molecule has 0 aliphatic rings. The molecule has 0 unspecified atom stereocenters. The zero-order chi connectivity index (χ0) is 15.3. The molecule has 0 atom stereocenters. The number of rotatable bonds is 2. The maximum Gasteiger partial charge on any atom is 0.295 e. The lowest BCUT2D eigenvalue weighted by molar-refractivity contribution is 0.618. The molecule has 4 aromatic rings. The van der Waals surface area contributed by atoms with E-state index in [4.69, 9.17) is 0 Å². The zero-order valence-corrected chi connectivity index (χ0v) is 13.2. The van der Waals surface area contributed by atoms with Crippen molar-refractivity contribution in [3.8, 4) is 0 Å². The molecule has 2 heterocycles. The Morgan fingerprint density at radius 1 is 1.18 bits per heavy atom. The molecule has 0 saturated heterocycles. The van der Waals surface area contributed by atoms with Crippen LogP contribution in [0.4, 0.5) is 0 Å². The highest BCUT2D eigenvalue weighted by atomic mass is 32.1. The summed E-state index contributed by atoms with van der Waals surface area (Å²) in [6.07, 6.45) is 0.650. The average molecular weight is 309 g/mol. The first-order chi connectivity index (χ1) is 10.6. The number of fused-ring (bicyclic) bond motifs is 5. The third-order valence-electron chi connectivity index (χ3n) is 3.72. The molecule has 0 amide bonds. The van der Waals surface area contributed by atoms with Gasteiger partial charge >= 0.3 is 0 Å². The molecular weight excluding hydrogens is 294 g/mol. The Balaban J connectivity index is 2.14. The topological polar surface area (TPSA) is 47.3 Å². The molecule has 0 fully saturated rings. The van der Waals surface area contributed by atoms with Gasteiger partial charge < -0.3 is 0 Å². The Kier molecular flexibility index (Phi) is 2.97. The van der Waals surface area contributed by atoms with Crippen LogP contribution in [0.15, 0.2) is 41.2 Å². The molecule has 22 heavy (non-hydrogen) atoms. The van der Waals surface area contributed by atoms with Gasteiger partial charge in [-0.2, -0.15) is 10.1 Å². The highest BCUT2D eigenvalue weighted by molar-refractivity contribution is 7.23. The van der Waals surface area contributed by atoms with E-state index in [1.165, 1.54) is 16.7 Å². The summed E-state index contributed by atoms with van der Waals surface area (Å²) >= 11 is 1.51. The van der Waals surface area contributed by atoms with Gasteiger partial charge in [0.15, 0.2) is 0 Å². The number of benzene rings is 2. The Hall–Kier alpha value is -2.27. The minimum absolute atomic E-state index is 0.204. The van der Waals surface area contributed by atoms with E-state index in [2.05, 4.69) is 48.2 Å². The molecule has 4 rings (SSSR count). The second-order valence-corrected chi connectivity index (χ2v) is 6.90.